The first kappa shape index (κ1) is 12.9. The fraction of sp³-hybridized carbons (Fsp3) is 0.0556. The van der Waals surface area contributed by atoms with Gasteiger partial charge in [-0.15, -0.1) is 11.3 Å². The fourth-order valence-electron chi connectivity index (χ4n) is 2.98. The van der Waals surface area contributed by atoms with Gasteiger partial charge in [-0.05, 0) is 28.3 Å². The van der Waals surface area contributed by atoms with Crippen molar-refractivity contribution in [3.63, 3.8) is 0 Å². The van der Waals surface area contributed by atoms with Gasteiger partial charge in [0.05, 0.1) is 5.92 Å². The second-order valence-corrected chi connectivity index (χ2v) is 6.12. The molecule has 106 valence electrons. The summed E-state index contributed by atoms with van der Waals surface area (Å²) in [5.41, 5.74) is 7.48. The van der Waals surface area contributed by atoms with Crippen LogP contribution in [0.5, 0.6) is 5.75 Å². The van der Waals surface area contributed by atoms with E-state index in [-0.39, 0.29) is 11.8 Å². The molecule has 0 spiro atoms. The number of allylic oxidation sites excluding steroid dienone is 1. The summed E-state index contributed by atoms with van der Waals surface area (Å²) < 4.78 is 5.71. The van der Waals surface area contributed by atoms with Crippen LogP contribution in [0.3, 0.4) is 0 Å². The molecule has 3 aromatic rings. The van der Waals surface area contributed by atoms with E-state index in [1.165, 1.54) is 0 Å². The van der Waals surface area contributed by atoms with Crippen LogP contribution in [0.4, 0.5) is 0 Å². The molecule has 0 amide bonds. The molecule has 22 heavy (non-hydrogen) atoms. The zero-order valence-corrected chi connectivity index (χ0v) is 12.4. The second-order valence-electron chi connectivity index (χ2n) is 5.14. The third-order valence-corrected chi connectivity index (χ3v) is 4.88. The summed E-state index contributed by atoms with van der Waals surface area (Å²) in [6.45, 7) is 0. The Balaban J connectivity index is 2.08. The number of nitrogens with two attached hydrogens (primary N) is 1. The molecule has 1 aliphatic rings. The molecule has 2 heterocycles. The lowest BCUT2D eigenvalue weighted by Gasteiger charge is -2.26. The fourth-order valence-corrected chi connectivity index (χ4v) is 3.83. The number of hydrogen-bond donors (Lipinski definition) is 1. The van der Waals surface area contributed by atoms with Crippen LogP contribution in [0.2, 0.25) is 0 Å². The summed E-state index contributed by atoms with van der Waals surface area (Å²) in [5, 5.41) is 13.8. The smallest absolute Gasteiger partial charge is 0.205 e. The molecule has 0 aliphatic carbocycles. The first-order valence-electron chi connectivity index (χ1n) is 6.92. The molecule has 1 aromatic heterocycles. The van der Waals surface area contributed by atoms with Crippen molar-refractivity contribution < 1.29 is 4.74 Å². The number of rotatable bonds is 1. The van der Waals surface area contributed by atoms with Crippen molar-refractivity contribution in [3.8, 4) is 11.8 Å². The minimum atomic E-state index is -0.167. The van der Waals surface area contributed by atoms with Gasteiger partial charge in [-0.1, -0.05) is 36.4 Å². The number of ether oxygens (including phenoxy) is 1. The molecule has 4 rings (SSSR count). The van der Waals surface area contributed by atoms with Crippen LogP contribution in [0, 0.1) is 11.3 Å². The summed E-state index contributed by atoms with van der Waals surface area (Å²) in [5.74, 6) is 0.761. The maximum Gasteiger partial charge on any atom is 0.205 e. The largest absolute Gasteiger partial charge is 0.440 e. The van der Waals surface area contributed by atoms with Crippen LogP contribution < -0.4 is 10.5 Å². The lowest BCUT2D eigenvalue weighted by atomic mass is 9.85. The lowest BCUT2D eigenvalue weighted by Crippen LogP contribution is -2.20. The van der Waals surface area contributed by atoms with E-state index in [9.17, 15) is 5.26 Å². The summed E-state index contributed by atoms with van der Waals surface area (Å²) >= 11 is 1.63. The van der Waals surface area contributed by atoms with Gasteiger partial charge in [0.15, 0.2) is 0 Å². The van der Waals surface area contributed by atoms with Gasteiger partial charge in [-0.25, -0.2) is 0 Å². The highest BCUT2D eigenvalue weighted by atomic mass is 32.1. The Bertz CT molecular complexity index is 935. The Hall–Kier alpha value is -2.77. The SMILES string of the molecule is N#CC1=C(N)Oc2ccc3ccccc3c2C1c1cccs1. The van der Waals surface area contributed by atoms with E-state index in [1.807, 2.05) is 41.8 Å². The summed E-state index contributed by atoms with van der Waals surface area (Å²) in [6, 6.07) is 18.4. The highest BCUT2D eigenvalue weighted by molar-refractivity contribution is 7.10. The molecule has 0 saturated carbocycles. The molecule has 2 N–H and O–H groups in total. The van der Waals surface area contributed by atoms with Crippen molar-refractivity contribution in [1.29, 1.82) is 5.26 Å². The van der Waals surface area contributed by atoms with Gasteiger partial charge in [0.2, 0.25) is 5.88 Å². The van der Waals surface area contributed by atoms with Crippen LogP contribution >= 0.6 is 11.3 Å². The zero-order chi connectivity index (χ0) is 15.1. The number of nitriles is 1. The quantitative estimate of drug-likeness (QED) is 0.735. The molecule has 1 unspecified atom stereocenters. The molecule has 0 radical (unpaired) electrons. The van der Waals surface area contributed by atoms with Gasteiger partial charge in [0.25, 0.3) is 0 Å². The predicted molar refractivity (Wildman–Crippen MR) is 87.6 cm³/mol. The topological polar surface area (TPSA) is 59.0 Å². The van der Waals surface area contributed by atoms with Gasteiger partial charge in [-0.3, -0.25) is 0 Å². The Kier molecular flexibility index (Phi) is 2.88. The van der Waals surface area contributed by atoms with E-state index in [1.54, 1.807) is 11.3 Å². The highest BCUT2D eigenvalue weighted by Gasteiger charge is 2.32. The molecular formula is C18H12N2OS. The number of fused-ring (bicyclic) bond motifs is 3. The molecule has 2 aromatic carbocycles. The minimum absolute atomic E-state index is 0.167. The average Bonchev–Trinajstić information content (AvgIpc) is 3.07. The van der Waals surface area contributed by atoms with Crippen LogP contribution in [-0.2, 0) is 0 Å². The van der Waals surface area contributed by atoms with Crippen molar-refractivity contribution in [3.05, 3.63) is 75.8 Å². The van der Waals surface area contributed by atoms with Crippen molar-refractivity contribution >= 4 is 22.1 Å². The van der Waals surface area contributed by atoms with Crippen LogP contribution in [-0.4, -0.2) is 0 Å². The van der Waals surface area contributed by atoms with E-state index in [4.69, 9.17) is 10.5 Å². The maximum atomic E-state index is 9.57. The standard InChI is InChI=1S/C18H12N2OS/c19-10-13-17(15-6-3-9-22-15)16-12-5-2-1-4-11(12)7-8-14(16)21-18(13)20/h1-9,17H,20H2. The second kappa shape index (κ2) is 4.90. The van der Waals surface area contributed by atoms with E-state index < -0.39 is 0 Å². The van der Waals surface area contributed by atoms with Crippen molar-refractivity contribution in [2.75, 3.05) is 0 Å². The van der Waals surface area contributed by atoms with Crippen LogP contribution in [0.15, 0.2) is 65.4 Å². The Morgan fingerprint density at radius 1 is 1.09 bits per heavy atom. The van der Waals surface area contributed by atoms with E-state index in [0.717, 1.165) is 27.0 Å². The molecular weight excluding hydrogens is 292 g/mol. The lowest BCUT2D eigenvalue weighted by molar-refractivity contribution is 0.395. The Morgan fingerprint density at radius 2 is 1.95 bits per heavy atom. The van der Waals surface area contributed by atoms with Crippen molar-refractivity contribution in [2.45, 2.75) is 5.92 Å². The summed E-state index contributed by atoms with van der Waals surface area (Å²) in [4.78, 5) is 1.10. The van der Waals surface area contributed by atoms with Crippen LogP contribution in [0.1, 0.15) is 16.4 Å². The van der Waals surface area contributed by atoms with Gasteiger partial charge < -0.3 is 10.5 Å². The Morgan fingerprint density at radius 3 is 2.73 bits per heavy atom. The molecule has 1 aliphatic heterocycles. The third-order valence-electron chi connectivity index (χ3n) is 3.94. The first-order chi connectivity index (χ1) is 10.8. The normalized spacial score (nSPS) is 17.0. The van der Waals surface area contributed by atoms with Gasteiger partial charge in [-0.2, -0.15) is 5.26 Å². The first-order valence-corrected chi connectivity index (χ1v) is 7.80. The predicted octanol–water partition coefficient (Wildman–Crippen LogP) is 4.12. The number of thiophene rings is 1. The van der Waals surface area contributed by atoms with E-state index in [0.29, 0.717) is 5.57 Å². The minimum Gasteiger partial charge on any atom is -0.440 e. The summed E-state index contributed by atoms with van der Waals surface area (Å²) in [6.07, 6.45) is 0. The van der Waals surface area contributed by atoms with Crippen molar-refractivity contribution in [1.82, 2.24) is 0 Å². The monoisotopic (exact) mass is 304 g/mol. The number of benzene rings is 2. The molecule has 1 atom stereocenters. The molecule has 3 nitrogen and oxygen atoms in total. The highest BCUT2D eigenvalue weighted by Crippen LogP contribution is 2.46. The molecule has 0 saturated heterocycles. The van der Waals surface area contributed by atoms with Gasteiger partial charge >= 0.3 is 0 Å². The number of hydrogen-bond acceptors (Lipinski definition) is 4. The van der Waals surface area contributed by atoms with Crippen LogP contribution in [0.25, 0.3) is 10.8 Å². The summed E-state index contributed by atoms with van der Waals surface area (Å²) in [7, 11) is 0. The van der Waals surface area contributed by atoms with E-state index in [2.05, 4.69) is 18.2 Å². The Labute approximate surface area is 131 Å². The third kappa shape index (κ3) is 1.80. The molecule has 4 heteroatoms. The van der Waals surface area contributed by atoms with Crippen molar-refractivity contribution in [2.24, 2.45) is 5.73 Å². The average molecular weight is 304 g/mol. The molecule has 0 fully saturated rings. The number of nitrogens with zero attached hydrogens (tertiary/aromatic N) is 1. The van der Waals surface area contributed by atoms with Gasteiger partial charge in [0.1, 0.15) is 17.4 Å². The van der Waals surface area contributed by atoms with E-state index >= 15 is 0 Å². The zero-order valence-electron chi connectivity index (χ0n) is 11.6. The maximum absolute atomic E-state index is 9.57. The van der Waals surface area contributed by atoms with Gasteiger partial charge in [0, 0.05) is 10.4 Å². The molecule has 0 bridgehead atoms.